The molecule has 7 heteroatoms. The van der Waals surface area contributed by atoms with Crippen LogP contribution in [0.2, 0.25) is 0 Å². The Hall–Kier alpha value is -1.60. The van der Waals surface area contributed by atoms with Crippen LogP contribution in [0.15, 0.2) is 0 Å². The average Bonchev–Trinajstić information content (AvgIpc) is 3.02. The molecule has 1 aromatic heterocycles. The highest BCUT2D eigenvalue weighted by atomic mass is 32.1. The van der Waals surface area contributed by atoms with E-state index in [1.807, 2.05) is 4.90 Å². The third-order valence-corrected chi connectivity index (χ3v) is 4.74. The average molecular weight is 312 g/mol. The fraction of sp³-hybridized carbons (Fsp3) is 0.571. The van der Waals surface area contributed by atoms with Crippen molar-refractivity contribution >= 4 is 33.8 Å². The summed E-state index contributed by atoms with van der Waals surface area (Å²) in [6.45, 7) is 4.79. The van der Waals surface area contributed by atoms with Crippen molar-refractivity contribution in [2.75, 3.05) is 30.3 Å². The summed E-state index contributed by atoms with van der Waals surface area (Å²) in [4.78, 5) is 26.4. The Morgan fingerprint density at radius 3 is 2.71 bits per heavy atom. The number of ether oxygens (including phenoxy) is 1. The van der Waals surface area contributed by atoms with E-state index in [4.69, 9.17) is 10.5 Å². The lowest BCUT2D eigenvalue weighted by atomic mass is 10.1. The van der Waals surface area contributed by atoms with Crippen molar-refractivity contribution in [1.29, 1.82) is 0 Å². The topological polar surface area (TPSA) is 92.9 Å². The second-order valence-corrected chi connectivity index (χ2v) is 5.91. The summed E-state index contributed by atoms with van der Waals surface area (Å²) < 4.78 is 5.05. The van der Waals surface area contributed by atoms with Gasteiger partial charge in [0.15, 0.2) is 5.78 Å². The van der Waals surface area contributed by atoms with Crippen molar-refractivity contribution < 1.29 is 19.4 Å². The molecule has 0 spiro atoms. The van der Waals surface area contributed by atoms with E-state index in [2.05, 4.69) is 0 Å². The highest BCUT2D eigenvalue weighted by molar-refractivity contribution is 7.19. The molecule has 2 heterocycles. The van der Waals surface area contributed by atoms with Crippen molar-refractivity contribution in [3.05, 3.63) is 10.4 Å². The van der Waals surface area contributed by atoms with Crippen LogP contribution in [0.1, 0.15) is 46.7 Å². The van der Waals surface area contributed by atoms with Crippen LogP contribution < -0.4 is 10.6 Å². The molecule has 6 nitrogen and oxygen atoms in total. The zero-order valence-electron chi connectivity index (χ0n) is 12.2. The summed E-state index contributed by atoms with van der Waals surface area (Å²) in [5.74, 6) is -0.605. The smallest absolute Gasteiger partial charge is 0.343 e. The predicted octanol–water partition coefficient (Wildman–Crippen LogP) is 1.67. The second-order valence-electron chi connectivity index (χ2n) is 4.91. The molecule has 0 saturated carbocycles. The van der Waals surface area contributed by atoms with Crippen molar-refractivity contribution in [2.45, 2.75) is 32.8 Å². The predicted molar refractivity (Wildman–Crippen MR) is 82.1 cm³/mol. The van der Waals surface area contributed by atoms with E-state index >= 15 is 0 Å². The molecule has 0 bridgehead atoms. The van der Waals surface area contributed by atoms with Crippen LogP contribution >= 0.6 is 11.3 Å². The number of hydrogen-bond donors (Lipinski definition) is 2. The fourth-order valence-electron chi connectivity index (χ4n) is 2.35. The van der Waals surface area contributed by atoms with Crippen molar-refractivity contribution in [3.8, 4) is 0 Å². The maximum atomic E-state index is 12.2. The van der Waals surface area contributed by atoms with Crippen LogP contribution in [-0.2, 0) is 4.74 Å². The van der Waals surface area contributed by atoms with Crippen molar-refractivity contribution in [2.24, 2.45) is 0 Å². The van der Waals surface area contributed by atoms with Gasteiger partial charge >= 0.3 is 5.97 Å². The number of carbonyl (C=O) groups excluding carboxylic acids is 2. The van der Waals surface area contributed by atoms with E-state index in [1.165, 1.54) is 11.3 Å². The van der Waals surface area contributed by atoms with E-state index in [-0.39, 0.29) is 23.6 Å². The number of Topliss-reactive ketones (excluding diaryl/α,β-unsaturated/α-hetero) is 1. The molecule has 1 aliphatic rings. The van der Waals surface area contributed by atoms with Gasteiger partial charge in [-0.2, -0.15) is 0 Å². The molecule has 1 fully saturated rings. The molecule has 2 rings (SSSR count). The molecule has 0 amide bonds. The van der Waals surface area contributed by atoms with Gasteiger partial charge in [0.2, 0.25) is 0 Å². The first kappa shape index (κ1) is 15.8. The Kier molecular flexibility index (Phi) is 4.84. The molecule has 0 aliphatic carbocycles. The lowest BCUT2D eigenvalue weighted by Gasteiger charge is -2.17. The van der Waals surface area contributed by atoms with Gasteiger partial charge < -0.3 is 20.5 Å². The van der Waals surface area contributed by atoms with E-state index in [0.29, 0.717) is 35.8 Å². The number of aliphatic hydroxyl groups excluding tert-OH is 1. The Morgan fingerprint density at radius 1 is 1.48 bits per heavy atom. The molecule has 0 radical (unpaired) electrons. The molecular weight excluding hydrogens is 292 g/mol. The number of aliphatic hydroxyl groups is 1. The SMILES string of the molecule is CCOC(=O)c1c(N2CCC(O)C2)sc(C(=O)CC)c1N. The van der Waals surface area contributed by atoms with Gasteiger partial charge in [-0.1, -0.05) is 6.92 Å². The van der Waals surface area contributed by atoms with Gasteiger partial charge in [-0.3, -0.25) is 4.79 Å². The van der Waals surface area contributed by atoms with Crippen LogP contribution in [0.4, 0.5) is 10.7 Å². The molecule has 1 unspecified atom stereocenters. The lowest BCUT2D eigenvalue weighted by molar-refractivity contribution is 0.0528. The largest absolute Gasteiger partial charge is 0.462 e. The minimum absolute atomic E-state index is 0.0888. The summed E-state index contributed by atoms with van der Waals surface area (Å²) in [5, 5.41) is 10.3. The maximum Gasteiger partial charge on any atom is 0.343 e. The molecule has 1 saturated heterocycles. The molecule has 0 aromatic carbocycles. The van der Waals surface area contributed by atoms with Crippen LogP contribution in [0, 0.1) is 0 Å². The first-order valence-electron chi connectivity index (χ1n) is 7.05. The van der Waals surface area contributed by atoms with Gasteiger partial charge in [-0.05, 0) is 13.3 Å². The van der Waals surface area contributed by atoms with Crippen molar-refractivity contribution in [1.82, 2.24) is 0 Å². The number of anilines is 2. The van der Waals surface area contributed by atoms with Gasteiger partial charge in [0.1, 0.15) is 10.6 Å². The number of ketones is 1. The van der Waals surface area contributed by atoms with Crippen LogP contribution in [-0.4, -0.2) is 42.7 Å². The van der Waals surface area contributed by atoms with Gasteiger partial charge in [0.25, 0.3) is 0 Å². The number of β-amino-alcohol motifs (C(OH)–C–C–N with tert-alkyl or cyclic N) is 1. The molecule has 116 valence electrons. The van der Waals surface area contributed by atoms with Gasteiger partial charge in [-0.15, -0.1) is 11.3 Å². The van der Waals surface area contributed by atoms with E-state index in [0.717, 1.165) is 0 Å². The summed E-state index contributed by atoms with van der Waals surface area (Å²) >= 11 is 1.21. The number of nitrogen functional groups attached to an aromatic ring is 1. The number of nitrogens with two attached hydrogens (primary N) is 1. The number of rotatable bonds is 5. The normalized spacial score (nSPS) is 18.0. The number of carbonyl (C=O) groups is 2. The minimum atomic E-state index is -0.516. The van der Waals surface area contributed by atoms with Crippen molar-refractivity contribution in [3.63, 3.8) is 0 Å². The second kappa shape index (κ2) is 6.44. The number of esters is 1. The van der Waals surface area contributed by atoms with Crippen LogP contribution in [0.25, 0.3) is 0 Å². The number of thiophene rings is 1. The Bertz CT molecular complexity index is 555. The summed E-state index contributed by atoms with van der Waals surface area (Å²) in [7, 11) is 0. The summed E-state index contributed by atoms with van der Waals surface area (Å²) in [6.07, 6.45) is 0.542. The monoisotopic (exact) mass is 312 g/mol. The fourth-order valence-corrected chi connectivity index (χ4v) is 3.60. The summed E-state index contributed by atoms with van der Waals surface area (Å²) in [6, 6.07) is 0. The zero-order valence-corrected chi connectivity index (χ0v) is 13.0. The Balaban J connectivity index is 2.46. The lowest BCUT2D eigenvalue weighted by Crippen LogP contribution is -2.22. The van der Waals surface area contributed by atoms with Crippen LogP contribution in [0.3, 0.4) is 0 Å². The zero-order chi connectivity index (χ0) is 15.6. The molecule has 1 atom stereocenters. The Labute approximate surface area is 127 Å². The van der Waals surface area contributed by atoms with E-state index < -0.39 is 12.1 Å². The highest BCUT2D eigenvalue weighted by Crippen LogP contribution is 2.40. The first-order chi connectivity index (χ1) is 9.99. The first-order valence-corrected chi connectivity index (χ1v) is 7.86. The van der Waals surface area contributed by atoms with E-state index in [9.17, 15) is 14.7 Å². The molecule has 1 aliphatic heterocycles. The van der Waals surface area contributed by atoms with Crippen LogP contribution in [0.5, 0.6) is 0 Å². The third kappa shape index (κ3) is 3.03. The van der Waals surface area contributed by atoms with E-state index in [1.54, 1.807) is 13.8 Å². The maximum absolute atomic E-state index is 12.2. The number of hydrogen-bond acceptors (Lipinski definition) is 7. The molecule has 3 N–H and O–H groups in total. The van der Waals surface area contributed by atoms with Gasteiger partial charge in [0.05, 0.1) is 23.3 Å². The summed E-state index contributed by atoms with van der Waals surface area (Å²) in [5.41, 5.74) is 6.47. The highest BCUT2D eigenvalue weighted by Gasteiger charge is 2.31. The molecule has 1 aromatic rings. The molecule has 21 heavy (non-hydrogen) atoms. The third-order valence-electron chi connectivity index (χ3n) is 3.43. The standard InChI is InChI=1S/C14H20N2O4S/c1-3-9(18)12-11(15)10(14(19)20-4-2)13(21-12)16-6-5-8(17)7-16/h8,17H,3-7,15H2,1-2H3. The van der Waals surface area contributed by atoms with Gasteiger partial charge in [-0.25, -0.2) is 4.79 Å². The number of nitrogens with zero attached hydrogens (tertiary/aromatic N) is 1. The molecular formula is C14H20N2O4S. The Morgan fingerprint density at radius 2 is 2.19 bits per heavy atom. The van der Waals surface area contributed by atoms with Gasteiger partial charge in [0, 0.05) is 19.5 Å². The minimum Gasteiger partial charge on any atom is -0.462 e. The quantitative estimate of drug-likeness (QED) is 0.634.